The lowest BCUT2D eigenvalue weighted by Crippen LogP contribution is -2.34. The number of hydrogen-bond acceptors (Lipinski definition) is 12. The summed E-state index contributed by atoms with van der Waals surface area (Å²) in [4.78, 5) is 35.6. The summed E-state index contributed by atoms with van der Waals surface area (Å²) in [6.07, 6.45) is 7.65. The Kier molecular flexibility index (Phi) is 17.6. The number of nitrogens with two attached hydrogens (primary N) is 1. The molecule has 0 saturated heterocycles. The average Bonchev–Trinajstić information content (AvgIpc) is 3.59. The van der Waals surface area contributed by atoms with Gasteiger partial charge < -0.3 is 28.9 Å². The number of alkyl halides is 1. The minimum absolute atomic E-state index is 0.00479. The van der Waals surface area contributed by atoms with Crippen LogP contribution in [-0.2, 0) is 28.5 Å². The van der Waals surface area contributed by atoms with Crippen molar-refractivity contribution in [3.8, 4) is 11.1 Å². The van der Waals surface area contributed by atoms with Crippen molar-refractivity contribution in [1.29, 1.82) is 0 Å². The standard InChI is InChI=1S/C41H63BrFN7O6Si2/c1-10-30(26-49(44)18-19-56-29(3)51)35-17-16-33(24-45-35)34-25-46-50-39(34)47-38(32-14-12-31(13-15-32)37(43)41(52)55-11-2)36(42)40(50)48(27-53-20-22-57(4,5)6)28-54-21-23-58(7,8)9/h10,16-17,24-26,31-32,37H,1,11-15,18-23,27-28,44H2,2-9H3/b30-26+. The molecule has 1 atom stereocenters. The van der Waals surface area contributed by atoms with Crippen LogP contribution in [0.5, 0.6) is 0 Å². The Morgan fingerprint density at radius 1 is 1.02 bits per heavy atom. The van der Waals surface area contributed by atoms with Crippen molar-refractivity contribution in [3.63, 3.8) is 0 Å². The smallest absolute Gasteiger partial charge is 0.341 e. The topological polar surface area (TPSA) is 147 Å². The van der Waals surface area contributed by atoms with E-state index in [1.165, 1.54) is 11.9 Å². The SMILES string of the molecule is C=C/C(=C\N(N)CCOC(C)=O)c1ccc(-c2cnn3c(N(COCC[Si](C)(C)C)COCC[Si](C)(C)C)c(Br)c(C4CCC(C(F)C(=O)OCC)CC4)nc23)cn1. The van der Waals surface area contributed by atoms with Crippen molar-refractivity contribution < 1.29 is 32.9 Å². The van der Waals surface area contributed by atoms with Gasteiger partial charge in [0.25, 0.3) is 0 Å². The predicted molar refractivity (Wildman–Crippen MR) is 236 cm³/mol. The maximum atomic E-state index is 15.2. The van der Waals surface area contributed by atoms with E-state index in [0.717, 1.165) is 39.2 Å². The van der Waals surface area contributed by atoms with Crippen LogP contribution < -0.4 is 10.7 Å². The molecule has 0 bridgehead atoms. The number of pyridine rings is 1. The van der Waals surface area contributed by atoms with E-state index in [0.29, 0.717) is 62.4 Å². The van der Waals surface area contributed by atoms with E-state index in [1.54, 1.807) is 31.6 Å². The molecular weight excluding hydrogens is 842 g/mol. The molecule has 2 N–H and O–H groups in total. The molecule has 1 saturated carbocycles. The summed E-state index contributed by atoms with van der Waals surface area (Å²) in [6.45, 7) is 23.4. The number of aromatic nitrogens is 4. The lowest BCUT2D eigenvalue weighted by molar-refractivity contribution is -0.151. The zero-order valence-electron chi connectivity index (χ0n) is 35.6. The molecule has 0 radical (unpaired) electrons. The number of carbonyl (C=O) groups excluding carboxylic acids is 2. The molecule has 0 amide bonds. The molecule has 0 aromatic carbocycles. The monoisotopic (exact) mass is 903 g/mol. The summed E-state index contributed by atoms with van der Waals surface area (Å²) >= 11 is 3.97. The second-order valence-corrected chi connectivity index (χ2v) is 29.3. The summed E-state index contributed by atoms with van der Waals surface area (Å²) in [6, 6.07) is 5.89. The molecule has 13 nitrogen and oxygen atoms in total. The normalized spacial score (nSPS) is 16.9. The van der Waals surface area contributed by atoms with Gasteiger partial charge in [-0.2, -0.15) is 9.61 Å². The summed E-state index contributed by atoms with van der Waals surface area (Å²) < 4.78 is 40.5. The van der Waals surface area contributed by atoms with Crippen LogP contribution in [0.1, 0.15) is 56.8 Å². The van der Waals surface area contributed by atoms with E-state index in [-0.39, 0.29) is 38.6 Å². The first-order valence-electron chi connectivity index (χ1n) is 20.2. The van der Waals surface area contributed by atoms with Crippen LogP contribution >= 0.6 is 15.9 Å². The Bertz CT molecular complexity index is 1840. The van der Waals surface area contributed by atoms with Crippen LogP contribution in [0.2, 0.25) is 51.4 Å². The molecule has 4 rings (SSSR count). The molecule has 1 fully saturated rings. The Labute approximate surface area is 353 Å². The van der Waals surface area contributed by atoms with Gasteiger partial charge in [0.1, 0.15) is 20.1 Å². The molecule has 320 valence electrons. The highest BCUT2D eigenvalue weighted by atomic mass is 79.9. The summed E-state index contributed by atoms with van der Waals surface area (Å²) in [5, 5.41) is 6.32. The third-order valence-corrected chi connectivity index (χ3v) is 14.2. The Morgan fingerprint density at radius 2 is 1.66 bits per heavy atom. The second kappa shape index (κ2) is 21.7. The van der Waals surface area contributed by atoms with Crippen LogP contribution in [0, 0.1) is 5.92 Å². The predicted octanol–water partition coefficient (Wildman–Crippen LogP) is 8.43. The second-order valence-electron chi connectivity index (χ2n) is 17.2. The quantitative estimate of drug-likeness (QED) is 0.0196. The van der Waals surface area contributed by atoms with Gasteiger partial charge in [-0.3, -0.25) is 9.78 Å². The van der Waals surface area contributed by atoms with Crippen LogP contribution in [0.15, 0.2) is 47.9 Å². The minimum Gasteiger partial charge on any atom is -0.464 e. The number of rotatable bonds is 22. The van der Waals surface area contributed by atoms with E-state index in [4.69, 9.17) is 39.9 Å². The van der Waals surface area contributed by atoms with Gasteiger partial charge in [-0.1, -0.05) is 58.0 Å². The van der Waals surface area contributed by atoms with Crippen molar-refractivity contribution in [3.05, 3.63) is 59.2 Å². The molecular formula is C41H63BrFN7O6Si2. The molecule has 17 heteroatoms. The Morgan fingerprint density at radius 3 is 2.19 bits per heavy atom. The van der Waals surface area contributed by atoms with E-state index in [9.17, 15) is 9.59 Å². The minimum atomic E-state index is -1.64. The van der Waals surface area contributed by atoms with Gasteiger partial charge in [0.2, 0.25) is 0 Å². The Balaban J connectivity index is 1.75. The van der Waals surface area contributed by atoms with Gasteiger partial charge in [-0.05, 0) is 66.7 Å². The number of hydrazine groups is 1. The molecule has 58 heavy (non-hydrogen) atoms. The highest BCUT2D eigenvalue weighted by Gasteiger charge is 2.36. The van der Waals surface area contributed by atoms with Gasteiger partial charge in [-0.15, -0.1) is 0 Å². The third-order valence-electron chi connectivity index (χ3n) is 10.0. The lowest BCUT2D eigenvalue weighted by atomic mass is 9.78. The summed E-state index contributed by atoms with van der Waals surface area (Å²) in [5.41, 5.74) is 4.39. The number of nitrogens with zero attached hydrogens (tertiary/aromatic N) is 6. The van der Waals surface area contributed by atoms with Crippen LogP contribution in [0.25, 0.3) is 22.3 Å². The Hall–Kier alpha value is -3.49. The summed E-state index contributed by atoms with van der Waals surface area (Å²) in [7, 11) is -2.68. The number of allylic oxidation sites excluding steroid dienone is 2. The first kappa shape index (κ1) is 47.2. The average molecular weight is 905 g/mol. The molecule has 3 heterocycles. The van der Waals surface area contributed by atoms with Gasteiger partial charge in [0, 0.05) is 77.2 Å². The van der Waals surface area contributed by atoms with E-state index < -0.39 is 34.2 Å². The first-order valence-corrected chi connectivity index (χ1v) is 28.4. The van der Waals surface area contributed by atoms with Crippen LogP contribution in [0.3, 0.4) is 0 Å². The van der Waals surface area contributed by atoms with Gasteiger partial charge in [0.15, 0.2) is 17.6 Å². The van der Waals surface area contributed by atoms with Crippen LogP contribution in [-0.4, -0.2) is 105 Å². The lowest BCUT2D eigenvalue weighted by Gasteiger charge is -2.32. The summed E-state index contributed by atoms with van der Waals surface area (Å²) in [5.74, 6) is 5.33. The highest BCUT2D eigenvalue weighted by Crippen LogP contribution is 2.43. The number of fused-ring (bicyclic) bond motifs is 1. The van der Waals surface area contributed by atoms with E-state index >= 15 is 4.39 Å². The first-order chi connectivity index (χ1) is 27.4. The fourth-order valence-electron chi connectivity index (χ4n) is 6.57. The number of anilines is 1. The molecule has 1 aliphatic carbocycles. The van der Waals surface area contributed by atoms with E-state index in [2.05, 4.69) is 66.7 Å². The van der Waals surface area contributed by atoms with Crippen molar-refractivity contribution in [2.24, 2.45) is 11.8 Å². The van der Waals surface area contributed by atoms with Crippen molar-refractivity contribution in [2.45, 2.75) is 103 Å². The molecule has 1 aliphatic rings. The number of hydrogen-bond donors (Lipinski definition) is 1. The number of esters is 2. The van der Waals surface area contributed by atoms with E-state index in [1.807, 2.05) is 16.6 Å². The highest BCUT2D eigenvalue weighted by molar-refractivity contribution is 9.10. The fraction of sp³-hybridized carbons (Fsp3) is 0.585. The van der Waals surface area contributed by atoms with Crippen LogP contribution in [0.4, 0.5) is 10.2 Å². The van der Waals surface area contributed by atoms with Gasteiger partial charge in [-0.25, -0.2) is 20.0 Å². The zero-order valence-corrected chi connectivity index (χ0v) is 39.1. The number of carbonyl (C=O) groups is 2. The largest absolute Gasteiger partial charge is 0.464 e. The molecule has 0 aliphatic heterocycles. The van der Waals surface area contributed by atoms with Crippen molar-refractivity contribution in [1.82, 2.24) is 24.6 Å². The maximum absolute atomic E-state index is 15.2. The molecule has 3 aromatic heterocycles. The molecule has 1 unspecified atom stereocenters. The van der Waals surface area contributed by atoms with Gasteiger partial charge in [0.05, 0.1) is 35.2 Å². The molecule has 0 spiro atoms. The van der Waals surface area contributed by atoms with Crippen molar-refractivity contribution >= 4 is 61.1 Å². The number of halogens is 2. The number of ether oxygens (including phenoxy) is 4. The van der Waals surface area contributed by atoms with Gasteiger partial charge >= 0.3 is 11.9 Å². The zero-order chi connectivity index (χ0) is 42.6. The third kappa shape index (κ3) is 13.8. The fourth-order valence-corrected chi connectivity index (χ4v) is 8.92. The maximum Gasteiger partial charge on any atom is 0.341 e. The molecule has 3 aromatic rings. The van der Waals surface area contributed by atoms with Crippen molar-refractivity contribution in [2.75, 3.05) is 51.3 Å².